The fraction of sp³-hybridized carbons (Fsp3) is 0.318. The summed E-state index contributed by atoms with van der Waals surface area (Å²) >= 11 is 0. The van der Waals surface area contributed by atoms with Gasteiger partial charge in [-0.2, -0.15) is 13.2 Å². The maximum Gasteiger partial charge on any atom is 0.416 e. The van der Waals surface area contributed by atoms with Crippen LogP contribution in [0.15, 0.2) is 60.8 Å². The van der Waals surface area contributed by atoms with E-state index in [0.717, 1.165) is 23.3 Å². The zero-order valence-electron chi connectivity index (χ0n) is 15.9. The summed E-state index contributed by atoms with van der Waals surface area (Å²) in [5.41, 5.74) is 1.53. The lowest BCUT2D eigenvalue weighted by atomic mass is 9.90. The van der Waals surface area contributed by atoms with Crippen molar-refractivity contribution in [1.82, 2.24) is 5.32 Å². The first kappa shape index (κ1) is 20.7. The predicted octanol–water partition coefficient (Wildman–Crippen LogP) is 5.82. The Morgan fingerprint density at radius 1 is 0.926 bits per heavy atom. The van der Waals surface area contributed by atoms with Crippen LogP contribution < -0.4 is 5.32 Å². The van der Waals surface area contributed by atoms with Crippen LogP contribution in [0.2, 0.25) is 0 Å². The largest absolute Gasteiger partial charge is 0.416 e. The topological polar surface area (TPSA) is 29.1 Å². The molecule has 0 aromatic heterocycles. The van der Waals surface area contributed by atoms with Crippen LogP contribution in [0.5, 0.6) is 0 Å². The number of alkyl halides is 3. The van der Waals surface area contributed by atoms with E-state index in [-0.39, 0.29) is 11.8 Å². The number of halogens is 3. The molecule has 2 aromatic carbocycles. The average Bonchev–Trinajstić information content (AvgIpc) is 2.58. The Morgan fingerprint density at radius 3 is 1.85 bits per heavy atom. The van der Waals surface area contributed by atoms with Gasteiger partial charge in [0.15, 0.2) is 0 Å². The van der Waals surface area contributed by atoms with Crippen LogP contribution in [-0.2, 0) is 11.0 Å². The maximum absolute atomic E-state index is 12.8. The van der Waals surface area contributed by atoms with Gasteiger partial charge in [-0.05, 0) is 30.2 Å². The molecule has 0 radical (unpaired) electrons. The van der Waals surface area contributed by atoms with Gasteiger partial charge in [-0.15, -0.1) is 0 Å². The van der Waals surface area contributed by atoms with E-state index in [9.17, 15) is 18.0 Å². The summed E-state index contributed by atoms with van der Waals surface area (Å²) in [6.45, 7) is 7.40. The van der Waals surface area contributed by atoms with E-state index in [1.54, 1.807) is 12.3 Å². The minimum Gasteiger partial charge on any atom is -0.333 e. The number of hydrogen-bond acceptors (Lipinski definition) is 1. The summed E-state index contributed by atoms with van der Waals surface area (Å²) in [6, 6.07) is 12.9. The number of rotatable bonds is 4. The summed E-state index contributed by atoms with van der Waals surface area (Å²) in [5.74, 6) is -0.401. The molecule has 0 spiro atoms. The molecule has 0 saturated carbocycles. The molecule has 2 rings (SSSR count). The van der Waals surface area contributed by atoms with Gasteiger partial charge in [0.2, 0.25) is 5.91 Å². The third-order valence-electron chi connectivity index (χ3n) is 4.22. The first-order valence-corrected chi connectivity index (χ1v) is 8.70. The van der Waals surface area contributed by atoms with Crippen LogP contribution in [0.1, 0.15) is 48.9 Å². The van der Waals surface area contributed by atoms with E-state index >= 15 is 0 Å². The smallest absolute Gasteiger partial charge is 0.333 e. The van der Waals surface area contributed by atoms with Gasteiger partial charge in [0, 0.05) is 17.5 Å². The molecule has 0 fully saturated rings. The first-order chi connectivity index (χ1) is 12.5. The average molecular weight is 375 g/mol. The molecular weight excluding hydrogens is 351 g/mol. The van der Waals surface area contributed by atoms with E-state index in [1.165, 1.54) is 12.1 Å². The third kappa shape index (κ3) is 5.71. The van der Waals surface area contributed by atoms with Crippen molar-refractivity contribution >= 4 is 5.91 Å². The molecule has 0 aliphatic rings. The number of aryl methyl sites for hydroxylation is 1. The SMILES string of the molecule is Cc1ccc([C@@H](/C=C\NC(=O)C(C)(C)C)c2ccc(C(F)(F)F)cc2)cc1. The maximum atomic E-state index is 12.8. The van der Waals surface area contributed by atoms with Crippen molar-refractivity contribution in [3.63, 3.8) is 0 Å². The minimum absolute atomic E-state index is 0.131. The molecule has 0 bridgehead atoms. The lowest BCUT2D eigenvalue weighted by molar-refractivity contribution is -0.137. The van der Waals surface area contributed by atoms with Crippen molar-refractivity contribution in [2.45, 2.75) is 39.8 Å². The van der Waals surface area contributed by atoms with E-state index in [0.29, 0.717) is 5.56 Å². The molecule has 144 valence electrons. The van der Waals surface area contributed by atoms with Crippen LogP contribution in [0.3, 0.4) is 0 Å². The standard InChI is InChI=1S/C22H24F3NO/c1-15-5-7-16(8-6-15)19(13-14-26-20(27)21(2,3)4)17-9-11-18(12-10-17)22(23,24)25/h5-14,19H,1-4H3,(H,26,27)/b14-13-/t19-/m1/s1. The summed E-state index contributed by atoms with van der Waals surface area (Å²) < 4.78 is 38.5. The van der Waals surface area contributed by atoms with Gasteiger partial charge in [0.05, 0.1) is 5.56 Å². The number of carbonyl (C=O) groups excluding carboxylic acids is 1. The van der Waals surface area contributed by atoms with Crippen LogP contribution in [0, 0.1) is 12.3 Å². The zero-order valence-corrected chi connectivity index (χ0v) is 15.9. The van der Waals surface area contributed by atoms with Crippen LogP contribution in [-0.4, -0.2) is 5.91 Å². The van der Waals surface area contributed by atoms with Gasteiger partial charge in [0.25, 0.3) is 0 Å². The molecule has 0 unspecified atom stereocenters. The van der Waals surface area contributed by atoms with Crippen LogP contribution in [0.25, 0.3) is 0 Å². The fourth-order valence-electron chi connectivity index (χ4n) is 2.50. The highest BCUT2D eigenvalue weighted by Gasteiger charge is 2.30. The van der Waals surface area contributed by atoms with Crippen molar-refractivity contribution in [3.8, 4) is 0 Å². The van der Waals surface area contributed by atoms with Crippen molar-refractivity contribution in [2.75, 3.05) is 0 Å². The molecule has 1 N–H and O–H groups in total. The Kier molecular flexibility index (Phi) is 6.14. The molecule has 5 heteroatoms. The Hall–Kier alpha value is -2.56. The highest BCUT2D eigenvalue weighted by atomic mass is 19.4. The van der Waals surface area contributed by atoms with Gasteiger partial charge < -0.3 is 5.32 Å². The molecule has 0 aliphatic carbocycles. The van der Waals surface area contributed by atoms with Crippen molar-refractivity contribution in [2.24, 2.45) is 5.41 Å². The number of benzene rings is 2. The Labute approximate surface area is 158 Å². The van der Waals surface area contributed by atoms with E-state index < -0.39 is 17.2 Å². The van der Waals surface area contributed by atoms with Gasteiger partial charge in [-0.25, -0.2) is 0 Å². The Bertz CT molecular complexity index is 797. The number of carbonyl (C=O) groups is 1. The molecule has 2 aromatic rings. The predicted molar refractivity (Wildman–Crippen MR) is 101 cm³/mol. The van der Waals surface area contributed by atoms with Gasteiger partial charge in [0.1, 0.15) is 0 Å². The molecular formula is C22H24F3NO. The quantitative estimate of drug-likeness (QED) is 0.717. The summed E-state index contributed by atoms with van der Waals surface area (Å²) in [6.07, 6.45) is -1.01. The molecule has 0 saturated heterocycles. The van der Waals surface area contributed by atoms with Crippen LogP contribution >= 0.6 is 0 Å². The van der Waals surface area contributed by atoms with Gasteiger partial charge in [-0.1, -0.05) is 68.8 Å². The van der Waals surface area contributed by atoms with Crippen LogP contribution in [0.4, 0.5) is 13.2 Å². The summed E-state index contributed by atoms with van der Waals surface area (Å²) in [4.78, 5) is 12.0. The lowest BCUT2D eigenvalue weighted by Gasteiger charge is -2.18. The lowest BCUT2D eigenvalue weighted by Crippen LogP contribution is -2.31. The number of amides is 1. The molecule has 1 amide bonds. The van der Waals surface area contributed by atoms with Crippen molar-refractivity contribution in [3.05, 3.63) is 83.1 Å². The second-order valence-electron chi connectivity index (χ2n) is 7.59. The van der Waals surface area contributed by atoms with Gasteiger partial charge >= 0.3 is 6.18 Å². The summed E-state index contributed by atoms with van der Waals surface area (Å²) in [5, 5.41) is 2.74. The highest BCUT2D eigenvalue weighted by molar-refractivity contribution is 5.82. The van der Waals surface area contributed by atoms with E-state index in [4.69, 9.17) is 0 Å². The second-order valence-corrected chi connectivity index (χ2v) is 7.59. The molecule has 2 nitrogen and oxygen atoms in total. The highest BCUT2D eigenvalue weighted by Crippen LogP contribution is 2.32. The van der Waals surface area contributed by atoms with Crippen molar-refractivity contribution in [1.29, 1.82) is 0 Å². The Morgan fingerprint density at radius 2 is 1.41 bits per heavy atom. The monoisotopic (exact) mass is 375 g/mol. The molecule has 0 heterocycles. The molecule has 27 heavy (non-hydrogen) atoms. The van der Waals surface area contributed by atoms with Gasteiger partial charge in [-0.3, -0.25) is 4.79 Å². The first-order valence-electron chi connectivity index (χ1n) is 8.70. The fourth-order valence-corrected chi connectivity index (χ4v) is 2.50. The minimum atomic E-state index is -4.37. The number of hydrogen-bond donors (Lipinski definition) is 1. The number of nitrogens with one attached hydrogen (secondary N) is 1. The zero-order chi connectivity index (χ0) is 20.2. The molecule has 1 atom stereocenters. The molecule has 0 aliphatic heterocycles. The Balaban J connectivity index is 2.33. The van der Waals surface area contributed by atoms with Crippen molar-refractivity contribution < 1.29 is 18.0 Å². The third-order valence-corrected chi connectivity index (χ3v) is 4.22. The van der Waals surface area contributed by atoms with E-state index in [2.05, 4.69) is 5.32 Å². The number of allylic oxidation sites excluding steroid dienone is 1. The summed E-state index contributed by atoms with van der Waals surface area (Å²) in [7, 11) is 0. The normalized spacial score (nSPS) is 13.6. The second kappa shape index (κ2) is 7.99. The van der Waals surface area contributed by atoms with E-state index in [1.807, 2.05) is 52.0 Å².